The lowest BCUT2D eigenvalue weighted by atomic mass is 10.1. The van der Waals surface area contributed by atoms with Crippen molar-refractivity contribution < 1.29 is 4.79 Å². The molecule has 1 aliphatic heterocycles. The normalized spacial score (nSPS) is 14.2. The Labute approximate surface area is 80.9 Å². The highest BCUT2D eigenvalue weighted by Gasteiger charge is 2.20. The van der Waals surface area contributed by atoms with E-state index in [1.807, 2.05) is 0 Å². The summed E-state index contributed by atoms with van der Waals surface area (Å²) >= 11 is 5.86. The number of nitrogens with one attached hydrogen (secondary N) is 1. The van der Waals surface area contributed by atoms with Crippen molar-refractivity contribution in [2.75, 3.05) is 5.32 Å². The van der Waals surface area contributed by atoms with Crippen LogP contribution in [0.15, 0.2) is 12.1 Å². The number of amides is 1. The van der Waals surface area contributed by atoms with Crippen LogP contribution >= 0.6 is 11.6 Å². The minimum absolute atomic E-state index is 0.00645. The van der Waals surface area contributed by atoms with Gasteiger partial charge in [0.15, 0.2) is 0 Å². The fraction of sp³-hybridized carbons (Fsp3) is 0.222. The zero-order valence-electron chi connectivity index (χ0n) is 6.93. The highest BCUT2D eigenvalue weighted by Crippen LogP contribution is 2.30. The van der Waals surface area contributed by atoms with Crippen LogP contribution in [0.4, 0.5) is 5.69 Å². The Morgan fingerprint density at radius 3 is 3.00 bits per heavy atom. The molecule has 0 atom stereocenters. The summed E-state index contributed by atoms with van der Waals surface area (Å²) in [5, 5.41) is 3.40. The summed E-state index contributed by atoms with van der Waals surface area (Å²) in [6, 6.07) is 3.58. The van der Waals surface area contributed by atoms with Gasteiger partial charge in [-0.3, -0.25) is 4.79 Å². The Hall–Kier alpha value is -1.06. The molecule has 1 aliphatic rings. The van der Waals surface area contributed by atoms with Crippen molar-refractivity contribution in [1.82, 2.24) is 0 Å². The summed E-state index contributed by atoms with van der Waals surface area (Å²) in [6.07, 6.45) is 0.406. The molecule has 2 rings (SSSR count). The predicted molar refractivity (Wildman–Crippen MR) is 51.7 cm³/mol. The molecule has 1 aromatic rings. The van der Waals surface area contributed by atoms with Crippen LogP contribution in [0.2, 0.25) is 5.02 Å². The molecule has 3 N–H and O–H groups in total. The monoisotopic (exact) mass is 196 g/mol. The first kappa shape index (κ1) is 8.53. The van der Waals surface area contributed by atoms with Gasteiger partial charge in [-0.05, 0) is 23.3 Å². The molecular formula is C9H9ClN2O. The van der Waals surface area contributed by atoms with E-state index in [2.05, 4.69) is 5.32 Å². The van der Waals surface area contributed by atoms with E-state index in [9.17, 15) is 4.79 Å². The number of anilines is 1. The number of carbonyl (C=O) groups excluding carboxylic acids is 1. The topological polar surface area (TPSA) is 55.1 Å². The first-order chi connectivity index (χ1) is 6.20. The first-order valence-electron chi connectivity index (χ1n) is 4.02. The van der Waals surface area contributed by atoms with Crippen LogP contribution in [-0.2, 0) is 17.8 Å². The van der Waals surface area contributed by atoms with Crippen LogP contribution in [0.3, 0.4) is 0 Å². The Morgan fingerprint density at radius 2 is 2.31 bits per heavy atom. The second kappa shape index (κ2) is 3.01. The number of rotatable bonds is 1. The molecule has 0 spiro atoms. The summed E-state index contributed by atoms with van der Waals surface area (Å²) in [5.74, 6) is 0.00645. The summed E-state index contributed by atoms with van der Waals surface area (Å²) in [6.45, 7) is 0.392. The van der Waals surface area contributed by atoms with E-state index >= 15 is 0 Å². The van der Waals surface area contributed by atoms with Crippen molar-refractivity contribution >= 4 is 23.2 Å². The zero-order chi connectivity index (χ0) is 9.42. The Kier molecular flexibility index (Phi) is 1.98. The quantitative estimate of drug-likeness (QED) is 0.711. The average Bonchev–Trinajstić information content (AvgIpc) is 2.43. The third-order valence-electron chi connectivity index (χ3n) is 2.10. The largest absolute Gasteiger partial charge is 0.326 e. The summed E-state index contributed by atoms with van der Waals surface area (Å²) in [4.78, 5) is 11.1. The Morgan fingerprint density at radius 1 is 1.54 bits per heavy atom. The van der Waals surface area contributed by atoms with Crippen molar-refractivity contribution in [1.29, 1.82) is 0 Å². The van der Waals surface area contributed by atoms with Crippen LogP contribution in [0.25, 0.3) is 0 Å². The van der Waals surface area contributed by atoms with Crippen molar-refractivity contribution in [2.24, 2.45) is 5.73 Å². The maximum absolute atomic E-state index is 11.1. The number of hydrogen-bond donors (Lipinski definition) is 2. The van der Waals surface area contributed by atoms with Gasteiger partial charge in [-0.25, -0.2) is 0 Å². The van der Waals surface area contributed by atoms with E-state index in [1.54, 1.807) is 12.1 Å². The maximum Gasteiger partial charge on any atom is 0.228 e. The fourth-order valence-electron chi connectivity index (χ4n) is 1.54. The van der Waals surface area contributed by atoms with Crippen LogP contribution in [0, 0.1) is 0 Å². The third-order valence-corrected chi connectivity index (χ3v) is 2.32. The van der Waals surface area contributed by atoms with Gasteiger partial charge in [0.2, 0.25) is 5.91 Å². The van der Waals surface area contributed by atoms with Crippen molar-refractivity contribution in [2.45, 2.75) is 13.0 Å². The number of benzene rings is 1. The van der Waals surface area contributed by atoms with Crippen molar-refractivity contribution in [3.05, 3.63) is 28.3 Å². The lowest BCUT2D eigenvalue weighted by Crippen LogP contribution is -2.06. The number of nitrogens with two attached hydrogens (primary N) is 1. The lowest BCUT2D eigenvalue weighted by molar-refractivity contribution is -0.115. The van der Waals surface area contributed by atoms with Crippen molar-refractivity contribution in [3.8, 4) is 0 Å². The van der Waals surface area contributed by atoms with E-state index in [1.165, 1.54) is 0 Å². The first-order valence-corrected chi connectivity index (χ1v) is 4.39. The van der Waals surface area contributed by atoms with Gasteiger partial charge in [-0.2, -0.15) is 0 Å². The van der Waals surface area contributed by atoms with E-state index in [-0.39, 0.29) is 5.91 Å². The standard InChI is InChI=1S/C9H9ClN2O/c10-7-1-5-3-8(13)12-9(5)6(2-7)4-11/h1-2H,3-4,11H2,(H,12,13). The van der Waals surface area contributed by atoms with Gasteiger partial charge in [0.25, 0.3) is 0 Å². The third kappa shape index (κ3) is 1.41. The smallest absolute Gasteiger partial charge is 0.228 e. The van der Waals surface area contributed by atoms with Crippen LogP contribution in [0.1, 0.15) is 11.1 Å². The molecule has 0 aromatic heterocycles. The highest BCUT2D eigenvalue weighted by atomic mass is 35.5. The van der Waals surface area contributed by atoms with E-state index in [0.29, 0.717) is 18.0 Å². The molecule has 13 heavy (non-hydrogen) atoms. The lowest BCUT2D eigenvalue weighted by Gasteiger charge is -2.05. The predicted octanol–water partition coefficient (Wildman–Crippen LogP) is 1.29. The molecule has 1 aromatic carbocycles. The molecule has 0 saturated heterocycles. The second-order valence-electron chi connectivity index (χ2n) is 3.03. The molecule has 0 saturated carbocycles. The second-order valence-corrected chi connectivity index (χ2v) is 3.46. The molecule has 3 nitrogen and oxygen atoms in total. The van der Waals surface area contributed by atoms with Gasteiger partial charge in [0.1, 0.15) is 0 Å². The number of hydrogen-bond acceptors (Lipinski definition) is 2. The number of fused-ring (bicyclic) bond motifs is 1. The molecule has 68 valence electrons. The van der Waals surface area contributed by atoms with Gasteiger partial charge < -0.3 is 11.1 Å². The van der Waals surface area contributed by atoms with Gasteiger partial charge in [0.05, 0.1) is 6.42 Å². The molecule has 0 unspecified atom stereocenters. The maximum atomic E-state index is 11.1. The van der Waals surface area contributed by atoms with Gasteiger partial charge >= 0.3 is 0 Å². The molecule has 1 heterocycles. The molecule has 0 fully saturated rings. The van der Waals surface area contributed by atoms with Gasteiger partial charge in [0, 0.05) is 17.3 Å². The van der Waals surface area contributed by atoms with Crippen LogP contribution < -0.4 is 11.1 Å². The highest BCUT2D eigenvalue weighted by molar-refractivity contribution is 6.31. The summed E-state index contributed by atoms with van der Waals surface area (Å²) < 4.78 is 0. The molecule has 0 radical (unpaired) electrons. The number of halogens is 1. The summed E-state index contributed by atoms with van der Waals surface area (Å²) in [5.41, 5.74) is 8.21. The molecule has 1 amide bonds. The minimum atomic E-state index is 0.00645. The Bertz CT molecular complexity index is 376. The van der Waals surface area contributed by atoms with E-state index in [4.69, 9.17) is 17.3 Å². The minimum Gasteiger partial charge on any atom is -0.326 e. The van der Waals surface area contributed by atoms with Gasteiger partial charge in [-0.1, -0.05) is 11.6 Å². The number of carbonyl (C=O) groups is 1. The molecular weight excluding hydrogens is 188 g/mol. The van der Waals surface area contributed by atoms with Gasteiger partial charge in [-0.15, -0.1) is 0 Å². The zero-order valence-corrected chi connectivity index (χ0v) is 7.69. The van der Waals surface area contributed by atoms with Crippen LogP contribution in [-0.4, -0.2) is 5.91 Å². The average molecular weight is 197 g/mol. The molecule has 0 aliphatic carbocycles. The van der Waals surface area contributed by atoms with E-state index < -0.39 is 0 Å². The molecule has 4 heteroatoms. The SMILES string of the molecule is NCc1cc(Cl)cc2c1NC(=O)C2. The summed E-state index contributed by atoms with van der Waals surface area (Å²) in [7, 11) is 0. The van der Waals surface area contributed by atoms with E-state index in [0.717, 1.165) is 16.8 Å². The fourth-order valence-corrected chi connectivity index (χ4v) is 1.81. The molecule has 0 bridgehead atoms. The van der Waals surface area contributed by atoms with Crippen molar-refractivity contribution in [3.63, 3.8) is 0 Å². The Balaban J connectivity index is 2.56. The van der Waals surface area contributed by atoms with Crippen LogP contribution in [0.5, 0.6) is 0 Å².